The molecule has 0 saturated heterocycles. The summed E-state index contributed by atoms with van der Waals surface area (Å²) in [5, 5.41) is 2.85. The average molecular weight is 317 g/mol. The molecule has 0 aliphatic carbocycles. The molecule has 0 atom stereocenters. The minimum atomic E-state index is 0.0246. The predicted octanol–water partition coefficient (Wildman–Crippen LogP) is 3.50. The highest BCUT2D eigenvalue weighted by molar-refractivity contribution is 9.10. The highest BCUT2D eigenvalue weighted by atomic mass is 79.9. The summed E-state index contributed by atoms with van der Waals surface area (Å²) >= 11 is 5.03. The normalized spacial score (nSPS) is 10.2. The van der Waals surface area contributed by atoms with Gasteiger partial charge in [0, 0.05) is 10.2 Å². The van der Waals surface area contributed by atoms with Crippen molar-refractivity contribution in [1.82, 2.24) is 0 Å². The number of nitrogen functional groups attached to an aromatic ring is 1. The lowest BCUT2D eigenvalue weighted by molar-refractivity contribution is -0.113. The van der Waals surface area contributed by atoms with E-state index in [1.807, 2.05) is 0 Å². The number of halogens is 1. The molecular formula is C12H17BrN2OS. The number of nitrogens with one attached hydrogen (secondary N) is 1. The molecule has 1 amide bonds. The Bertz CT molecular complexity index is 385. The molecule has 0 aliphatic heterocycles. The van der Waals surface area contributed by atoms with Gasteiger partial charge < -0.3 is 11.1 Å². The molecule has 0 bridgehead atoms. The number of carbonyl (C=O) groups is 1. The number of unbranched alkanes of at least 4 members (excludes halogenated alkanes) is 1. The number of amides is 1. The van der Waals surface area contributed by atoms with Gasteiger partial charge in [0.1, 0.15) is 0 Å². The lowest BCUT2D eigenvalue weighted by atomic mass is 10.3. The Labute approximate surface area is 115 Å². The van der Waals surface area contributed by atoms with Gasteiger partial charge in [-0.25, -0.2) is 0 Å². The fourth-order valence-electron chi connectivity index (χ4n) is 1.23. The Kier molecular flexibility index (Phi) is 6.44. The van der Waals surface area contributed by atoms with Crippen LogP contribution in [0.25, 0.3) is 0 Å². The molecule has 1 aromatic carbocycles. The largest absolute Gasteiger partial charge is 0.399 e. The first-order chi connectivity index (χ1) is 8.13. The minimum absolute atomic E-state index is 0.0246. The van der Waals surface area contributed by atoms with Crippen molar-refractivity contribution in [1.29, 1.82) is 0 Å². The summed E-state index contributed by atoms with van der Waals surface area (Å²) < 4.78 is 0.810. The fraction of sp³-hybridized carbons (Fsp3) is 0.417. The van der Waals surface area contributed by atoms with Crippen LogP contribution in [0.15, 0.2) is 22.7 Å². The van der Waals surface area contributed by atoms with Gasteiger partial charge in [0.05, 0.1) is 11.4 Å². The molecule has 0 aromatic heterocycles. The van der Waals surface area contributed by atoms with Crippen molar-refractivity contribution in [3.63, 3.8) is 0 Å². The Hall–Kier alpha value is -0.680. The molecule has 0 saturated carbocycles. The molecule has 17 heavy (non-hydrogen) atoms. The molecular weight excluding hydrogens is 300 g/mol. The van der Waals surface area contributed by atoms with E-state index in [9.17, 15) is 4.79 Å². The van der Waals surface area contributed by atoms with Crippen LogP contribution in [0.4, 0.5) is 11.4 Å². The molecule has 0 fully saturated rings. The summed E-state index contributed by atoms with van der Waals surface area (Å²) in [5.74, 6) is 1.56. The maximum absolute atomic E-state index is 11.6. The quantitative estimate of drug-likeness (QED) is 0.624. The van der Waals surface area contributed by atoms with Crippen molar-refractivity contribution >= 4 is 45.0 Å². The van der Waals surface area contributed by atoms with Crippen LogP contribution in [0.5, 0.6) is 0 Å². The summed E-state index contributed by atoms with van der Waals surface area (Å²) in [7, 11) is 0. The molecule has 5 heteroatoms. The molecule has 1 rings (SSSR count). The van der Waals surface area contributed by atoms with Gasteiger partial charge in [-0.15, -0.1) is 0 Å². The van der Waals surface area contributed by atoms with E-state index in [-0.39, 0.29) is 5.91 Å². The van der Waals surface area contributed by atoms with Crippen molar-refractivity contribution in [3.05, 3.63) is 22.7 Å². The molecule has 0 spiro atoms. The van der Waals surface area contributed by atoms with E-state index in [0.29, 0.717) is 11.4 Å². The zero-order valence-electron chi connectivity index (χ0n) is 9.83. The van der Waals surface area contributed by atoms with Gasteiger partial charge >= 0.3 is 0 Å². The fourth-order valence-corrected chi connectivity index (χ4v) is 2.62. The van der Waals surface area contributed by atoms with Crippen LogP contribution in [0.2, 0.25) is 0 Å². The second-order valence-corrected chi connectivity index (χ2v) is 5.65. The van der Waals surface area contributed by atoms with Crippen LogP contribution in [-0.2, 0) is 4.79 Å². The summed E-state index contributed by atoms with van der Waals surface area (Å²) in [5.41, 5.74) is 7.06. The van der Waals surface area contributed by atoms with Crippen LogP contribution in [0.3, 0.4) is 0 Å². The van der Waals surface area contributed by atoms with Crippen LogP contribution in [-0.4, -0.2) is 17.4 Å². The monoisotopic (exact) mass is 316 g/mol. The molecule has 0 heterocycles. The van der Waals surface area contributed by atoms with Crippen LogP contribution in [0.1, 0.15) is 19.8 Å². The van der Waals surface area contributed by atoms with Crippen molar-refractivity contribution in [2.45, 2.75) is 19.8 Å². The molecule has 0 aliphatic rings. The first-order valence-electron chi connectivity index (χ1n) is 5.56. The van der Waals surface area contributed by atoms with Gasteiger partial charge in [-0.05, 0) is 46.3 Å². The van der Waals surface area contributed by atoms with Gasteiger partial charge in [-0.1, -0.05) is 13.3 Å². The van der Waals surface area contributed by atoms with Crippen molar-refractivity contribution < 1.29 is 4.79 Å². The number of thioether (sulfide) groups is 1. The van der Waals surface area contributed by atoms with E-state index in [1.54, 1.807) is 30.0 Å². The van der Waals surface area contributed by atoms with E-state index in [2.05, 4.69) is 28.2 Å². The van der Waals surface area contributed by atoms with E-state index in [1.165, 1.54) is 0 Å². The number of nitrogens with two attached hydrogens (primary N) is 1. The summed E-state index contributed by atoms with van der Waals surface area (Å²) in [6, 6.07) is 5.35. The van der Waals surface area contributed by atoms with Gasteiger partial charge in [-0.3, -0.25) is 4.79 Å². The Morgan fingerprint density at radius 3 is 2.94 bits per heavy atom. The molecule has 1 aromatic rings. The number of carbonyl (C=O) groups excluding carboxylic acids is 1. The minimum Gasteiger partial charge on any atom is -0.399 e. The van der Waals surface area contributed by atoms with Gasteiger partial charge in [-0.2, -0.15) is 11.8 Å². The highest BCUT2D eigenvalue weighted by Gasteiger charge is 2.05. The Balaban J connectivity index is 2.40. The number of rotatable bonds is 6. The van der Waals surface area contributed by atoms with Gasteiger partial charge in [0.15, 0.2) is 0 Å². The van der Waals surface area contributed by atoms with Crippen molar-refractivity contribution in [2.75, 3.05) is 22.6 Å². The number of hydrogen-bond donors (Lipinski definition) is 2. The lowest BCUT2D eigenvalue weighted by Gasteiger charge is -2.07. The maximum Gasteiger partial charge on any atom is 0.234 e. The third-order valence-electron chi connectivity index (χ3n) is 2.14. The summed E-state index contributed by atoms with van der Waals surface area (Å²) in [6.45, 7) is 2.14. The molecule has 0 radical (unpaired) electrons. The zero-order valence-corrected chi connectivity index (χ0v) is 12.2. The van der Waals surface area contributed by atoms with Gasteiger partial charge in [0.25, 0.3) is 0 Å². The SMILES string of the molecule is CCCCSCC(=O)Nc1ccc(N)cc1Br. The first kappa shape index (κ1) is 14.4. The van der Waals surface area contributed by atoms with Crippen molar-refractivity contribution in [2.24, 2.45) is 0 Å². The molecule has 3 N–H and O–H groups in total. The van der Waals surface area contributed by atoms with Crippen LogP contribution < -0.4 is 11.1 Å². The van der Waals surface area contributed by atoms with E-state index >= 15 is 0 Å². The lowest BCUT2D eigenvalue weighted by Crippen LogP contribution is -2.14. The van der Waals surface area contributed by atoms with Crippen LogP contribution >= 0.6 is 27.7 Å². The van der Waals surface area contributed by atoms with E-state index in [4.69, 9.17) is 5.73 Å². The molecule has 0 unspecified atom stereocenters. The number of hydrogen-bond acceptors (Lipinski definition) is 3. The number of anilines is 2. The Morgan fingerprint density at radius 2 is 2.29 bits per heavy atom. The maximum atomic E-state index is 11.6. The second-order valence-electron chi connectivity index (χ2n) is 3.69. The van der Waals surface area contributed by atoms with E-state index in [0.717, 1.165) is 28.8 Å². The second kappa shape index (κ2) is 7.61. The number of benzene rings is 1. The van der Waals surface area contributed by atoms with Crippen molar-refractivity contribution in [3.8, 4) is 0 Å². The predicted molar refractivity (Wildman–Crippen MR) is 79.4 cm³/mol. The summed E-state index contributed by atoms with van der Waals surface area (Å²) in [4.78, 5) is 11.6. The molecule has 94 valence electrons. The van der Waals surface area contributed by atoms with Gasteiger partial charge in [0.2, 0.25) is 5.91 Å². The third-order valence-corrected chi connectivity index (χ3v) is 3.84. The topological polar surface area (TPSA) is 55.1 Å². The zero-order chi connectivity index (χ0) is 12.7. The molecule has 3 nitrogen and oxygen atoms in total. The van der Waals surface area contributed by atoms with E-state index < -0.39 is 0 Å². The summed E-state index contributed by atoms with van der Waals surface area (Å²) in [6.07, 6.45) is 2.32. The third kappa shape index (κ3) is 5.46. The standard InChI is InChI=1S/C12H17BrN2OS/c1-2-3-6-17-8-12(16)15-11-5-4-9(14)7-10(11)13/h4-5,7H,2-3,6,8,14H2,1H3,(H,15,16). The average Bonchev–Trinajstić information content (AvgIpc) is 2.28. The highest BCUT2D eigenvalue weighted by Crippen LogP contribution is 2.24. The smallest absolute Gasteiger partial charge is 0.234 e. The first-order valence-corrected chi connectivity index (χ1v) is 7.51. The Morgan fingerprint density at radius 1 is 1.53 bits per heavy atom. The van der Waals surface area contributed by atoms with Crippen LogP contribution in [0, 0.1) is 0 Å².